The second-order valence-electron chi connectivity index (χ2n) is 5.35. The van der Waals surface area contributed by atoms with Gasteiger partial charge in [0.25, 0.3) is 0 Å². The highest BCUT2D eigenvalue weighted by Gasteiger charge is 2.10. The number of aryl methyl sites for hydroxylation is 1. The molecule has 20 heavy (non-hydrogen) atoms. The average molecular weight is 296 g/mol. The number of H-pyrrole nitrogens is 1. The number of nitrogens with one attached hydrogen (secondary N) is 1. The topological polar surface area (TPSA) is 41.0 Å². The molecule has 0 bridgehead atoms. The van der Waals surface area contributed by atoms with E-state index >= 15 is 0 Å². The molecule has 0 unspecified atom stereocenters. The molecule has 1 N–H and O–H groups in total. The maximum atomic E-state index is 11.9. The van der Waals surface area contributed by atoms with Crippen molar-refractivity contribution in [1.29, 1.82) is 0 Å². The van der Waals surface area contributed by atoms with Gasteiger partial charge in [-0.15, -0.1) is 12.4 Å². The summed E-state index contributed by atoms with van der Waals surface area (Å²) >= 11 is 0. The normalized spacial score (nSPS) is 16.2. The van der Waals surface area contributed by atoms with Crippen LogP contribution >= 0.6 is 12.4 Å². The Morgan fingerprint density at radius 1 is 1.05 bits per heavy atom. The van der Waals surface area contributed by atoms with Crippen molar-refractivity contribution < 1.29 is 0 Å². The van der Waals surface area contributed by atoms with Crippen LogP contribution in [0.2, 0.25) is 0 Å². The summed E-state index contributed by atoms with van der Waals surface area (Å²) < 4.78 is 1.86. The molecule has 110 valence electrons. The molecule has 2 heterocycles. The molecule has 2 aromatic rings. The molecule has 1 fully saturated rings. The number of benzene rings is 1. The summed E-state index contributed by atoms with van der Waals surface area (Å²) in [5.74, 6) is 0. The fraction of sp³-hybridized carbons (Fsp3) is 0.533. The molecule has 0 radical (unpaired) electrons. The smallest absolute Gasteiger partial charge is 0.306 e. The molecule has 0 amide bonds. The van der Waals surface area contributed by atoms with Gasteiger partial charge in [-0.2, -0.15) is 0 Å². The summed E-state index contributed by atoms with van der Waals surface area (Å²) in [7, 11) is 0. The van der Waals surface area contributed by atoms with Crippen LogP contribution in [0.3, 0.4) is 0 Å². The summed E-state index contributed by atoms with van der Waals surface area (Å²) in [6.45, 7) is 4.36. The Hall–Kier alpha value is -1.26. The van der Waals surface area contributed by atoms with Gasteiger partial charge in [0.1, 0.15) is 0 Å². The lowest BCUT2D eigenvalue weighted by atomic mass is 10.1. The zero-order chi connectivity index (χ0) is 13.1. The van der Waals surface area contributed by atoms with Crippen molar-refractivity contribution in [2.45, 2.75) is 32.2 Å². The second-order valence-corrected chi connectivity index (χ2v) is 5.35. The van der Waals surface area contributed by atoms with Crippen molar-refractivity contribution in [1.82, 2.24) is 14.5 Å². The van der Waals surface area contributed by atoms with Gasteiger partial charge in [-0.3, -0.25) is 4.57 Å². The Bertz CT molecular complexity index is 598. The standard InChI is InChI=1S/C15H21N3O.ClH/c19-15-16-13-7-2-3-8-14(13)18(15)12-6-11-17-9-4-1-5-10-17;/h2-3,7-8H,1,4-6,9-12H2,(H,16,19);1H. The molecule has 1 aromatic heterocycles. The Morgan fingerprint density at radius 2 is 1.80 bits per heavy atom. The Balaban J connectivity index is 0.00000147. The Kier molecular flexibility index (Phi) is 5.26. The molecule has 0 aliphatic carbocycles. The number of nitrogens with zero attached hydrogens (tertiary/aromatic N) is 2. The van der Waals surface area contributed by atoms with E-state index < -0.39 is 0 Å². The van der Waals surface area contributed by atoms with Crippen LogP contribution in [0.4, 0.5) is 0 Å². The summed E-state index contributed by atoms with van der Waals surface area (Å²) in [5.41, 5.74) is 1.97. The lowest BCUT2D eigenvalue weighted by molar-refractivity contribution is 0.223. The van der Waals surface area contributed by atoms with Gasteiger partial charge in [0.15, 0.2) is 0 Å². The molecule has 3 rings (SSSR count). The van der Waals surface area contributed by atoms with Gasteiger partial charge >= 0.3 is 5.69 Å². The van der Waals surface area contributed by atoms with Crippen molar-refractivity contribution in [3.05, 3.63) is 34.7 Å². The number of para-hydroxylation sites is 2. The van der Waals surface area contributed by atoms with Crippen LogP contribution < -0.4 is 5.69 Å². The first-order chi connectivity index (χ1) is 9.34. The van der Waals surface area contributed by atoms with E-state index in [1.165, 1.54) is 32.4 Å². The van der Waals surface area contributed by atoms with E-state index in [-0.39, 0.29) is 18.1 Å². The third kappa shape index (κ3) is 3.25. The van der Waals surface area contributed by atoms with E-state index in [0.717, 1.165) is 30.5 Å². The van der Waals surface area contributed by atoms with E-state index in [2.05, 4.69) is 9.88 Å². The van der Waals surface area contributed by atoms with Crippen molar-refractivity contribution in [3.63, 3.8) is 0 Å². The van der Waals surface area contributed by atoms with Gasteiger partial charge < -0.3 is 9.88 Å². The highest BCUT2D eigenvalue weighted by atomic mass is 35.5. The zero-order valence-electron chi connectivity index (χ0n) is 11.7. The summed E-state index contributed by atoms with van der Waals surface area (Å²) in [6.07, 6.45) is 5.07. The Labute approximate surface area is 125 Å². The van der Waals surface area contributed by atoms with Crippen LogP contribution in [-0.4, -0.2) is 34.1 Å². The van der Waals surface area contributed by atoms with E-state index in [0.29, 0.717) is 0 Å². The van der Waals surface area contributed by atoms with Crippen LogP contribution in [-0.2, 0) is 6.54 Å². The van der Waals surface area contributed by atoms with Crippen LogP contribution in [0.25, 0.3) is 11.0 Å². The van der Waals surface area contributed by atoms with E-state index in [1.807, 2.05) is 28.8 Å². The van der Waals surface area contributed by atoms with E-state index in [9.17, 15) is 4.79 Å². The number of likely N-dealkylation sites (tertiary alicyclic amines) is 1. The molecule has 4 nitrogen and oxygen atoms in total. The number of imidazole rings is 1. The van der Waals surface area contributed by atoms with Gasteiger partial charge in [-0.1, -0.05) is 18.6 Å². The maximum absolute atomic E-state index is 11.9. The first-order valence-electron chi connectivity index (χ1n) is 7.24. The highest BCUT2D eigenvalue weighted by molar-refractivity contribution is 5.85. The number of halogens is 1. The van der Waals surface area contributed by atoms with Crippen molar-refractivity contribution >= 4 is 23.4 Å². The molecular formula is C15H22ClN3O. The first kappa shape index (κ1) is 15.1. The fourth-order valence-electron chi connectivity index (χ4n) is 2.96. The summed E-state index contributed by atoms with van der Waals surface area (Å²) in [5, 5.41) is 0. The fourth-order valence-corrected chi connectivity index (χ4v) is 2.96. The van der Waals surface area contributed by atoms with Gasteiger partial charge in [0.2, 0.25) is 0 Å². The van der Waals surface area contributed by atoms with Crippen LogP contribution in [0.5, 0.6) is 0 Å². The predicted molar refractivity (Wildman–Crippen MR) is 84.7 cm³/mol. The van der Waals surface area contributed by atoms with Crippen molar-refractivity contribution in [3.8, 4) is 0 Å². The van der Waals surface area contributed by atoms with Gasteiger partial charge in [-0.05, 0) is 51.0 Å². The minimum atomic E-state index is 0. The highest BCUT2D eigenvalue weighted by Crippen LogP contribution is 2.11. The third-order valence-electron chi connectivity index (χ3n) is 3.99. The maximum Gasteiger partial charge on any atom is 0.326 e. The molecule has 1 saturated heterocycles. The Morgan fingerprint density at radius 3 is 2.60 bits per heavy atom. The number of aromatic amines is 1. The van der Waals surface area contributed by atoms with E-state index in [1.54, 1.807) is 0 Å². The zero-order valence-corrected chi connectivity index (χ0v) is 12.5. The average Bonchev–Trinajstić information content (AvgIpc) is 2.76. The molecule has 0 saturated carbocycles. The predicted octanol–water partition coefficient (Wildman–Crippen LogP) is 2.63. The van der Waals surface area contributed by atoms with E-state index in [4.69, 9.17) is 0 Å². The van der Waals surface area contributed by atoms with Crippen molar-refractivity contribution in [2.75, 3.05) is 19.6 Å². The lowest BCUT2D eigenvalue weighted by Crippen LogP contribution is -2.31. The minimum absolute atomic E-state index is 0. The number of rotatable bonds is 4. The number of aromatic nitrogens is 2. The molecule has 0 spiro atoms. The summed E-state index contributed by atoms with van der Waals surface area (Å²) in [4.78, 5) is 17.3. The van der Waals surface area contributed by atoms with Crippen LogP contribution in [0.1, 0.15) is 25.7 Å². The molecular weight excluding hydrogens is 274 g/mol. The third-order valence-corrected chi connectivity index (χ3v) is 3.99. The monoisotopic (exact) mass is 295 g/mol. The SMILES string of the molecule is Cl.O=c1[nH]c2ccccc2n1CCCN1CCCCC1. The first-order valence-corrected chi connectivity index (χ1v) is 7.24. The number of hydrogen-bond acceptors (Lipinski definition) is 2. The molecule has 1 aliphatic rings. The lowest BCUT2D eigenvalue weighted by Gasteiger charge is -2.26. The van der Waals surface area contributed by atoms with Crippen LogP contribution in [0, 0.1) is 0 Å². The molecule has 0 atom stereocenters. The summed E-state index contributed by atoms with van der Waals surface area (Å²) in [6, 6.07) is 7.90. The molecule has 5 heteroatoms. The molecule has 1 aliphatic heterocycles. The van der Waals surface area contributed by atoms with Gasteiger partial charge in [-0.25, -0.2) is 4.79 Å². The molecule has 1 aromatic carbocycles. The minimum Gasteiger partial charge on any atom is -0.306 e. The van der Waals surface area contributed by atoms with Crippen LogP contribution in [0.15, 0.2) is 29.1 Å². The van der Waals surface area contributed by atoms with Gasteiger partial charge in [0, 0.05) is 6.54 Å². The number of piperidine rings is 1. The number of fused-ring (bicyclic) bond motifs is 1. The largest absolute Gasteiger partial charge is 0.326 e. The van der Waals surface area contributed by atoms with Crippen molar-refractivity contribution in [2.24, 2.45) is 0 Å². The number of hydrogen-bond donors (Lipinski definition) is 1. The van der Waals surface area contributed by atoms with Gasteiger partial charge in [0.05, 0.1) is 11.0 Å². The quantitative estimate of drug-likeness (QED) is 0.942. The second kappa shape index (κ2) is 6.95.